The van der Waals surface area contributed by atoms with Gasteiger partial charge in [-0.25, -0.2) is 9.78 Å². The summed E-state index contributed by atoms with van der Waals surface area (Å²) in [6.07, 6.45) is 8.41. The molecule has 8 nitrogen and oxygen atoms in total. The van der Waals surface area contributed by atoms with Gasteiger partial charge >= 0.3 is 6.03 Å². The minimum atomic E-state index is -0.0979. The van der Waals surface area contributed by atoms with Gasteiger partial charge in [0.05, 0.1) is 12.0 Å². The number of fused-ring (bicyclic) bond motifs is 4. The van der Waals surface area contributed by atoms with E-state index in [0.717, 1.165) is 29.7 Å². The molecule has 1 aromatic heterocycles. The fourth-order valence-electron chi connectivity index (χ4n) is 5.18. The van der Waals surface area contributed by atoms with Crippen molar-refractivity contribution in [3.8, 4) is 17.2 Å². The highest BCUT2D eigenvalue weighted by molar-refractivity contribution is 5.93. The van der Waals surface area contributed by atoms with Crippen molar-refractivity contribution in [3.05, 3.63) is 41.6 Å². The molecule has 2 fully saturated rings. The molecule has 3 heterocycles. The molecule has 3 amide bonds. The lowest BCUT2D eigenvalue weighted by Crippen LogP contribution is -2.44. The lowest BCUT2D eigenvalue weighted by atomic mass is 9.96. The van der Waals surface area contributed by atoms with Crippen LogP contribution >= 0.6 is 0 Å². The van der Waals surface area contributed by atoms with E-state index in [1.807, 2.05) is 24.3 Å². The van der Waals surface area contributed by atoms with E-state index < -0.39 is 0 Å². The van der Waals surface area contributed by atoms with Crippen LogP contribution in [0, 0.1) is 0 Å². The lowest BCUT2D eigenvalue weighted by molar-refractivity contribution is -0.116. The van der Waals surface area contributed by atoms with Crippen molar-refractivity contribution in [1.82, 2.24) is 15.6 Å². The van der Waals surface area contributed by atoms with Crippen molar-refractivity contribution in [2.45, 2.75) is 69.1 Å². The number of aromatic nitrogens is 1. The van der Waals surface area contributed by atoms with E-state index in [4.69, 9.17) is 9.47 Å². The maximum Gasteiger partial charge on any atom is 0.315 e. The van der Waals surface area contributed by atoms with Crippen LogP contribution in [0.2, 0.25) is 0 Å². The molecule has 3 N–H and O–H groups in total. The minimum absolute atomic E-state index is 0.00904. The van der Waals surface area contributed by atoms with E-state index in [2.05, 4.69) is 20.9 Å². The Labute approximate surface area is 186 Å². The van der Waals surface area contributed by atoms with Crippen molar-refractivity contribution in [3.63, 3.8) is 0 Å². The van der Waals surface area contributed by atoms with Gasteiger partial charge in [-0.2, -0.15) is 0 Å². The Bertz CT molecular complexity index is 1080. The average molecular weight is 434 g/mol. The number of ether oxygens (including phenoxy) is 2. The molecule has 1 aromatic carbocycles. The lowest BCUT2D eigenvalue weighted by Gasteiger charge is -2.23. The normalized spacial score (nSPS) is 25.5. The van der Waals surface area contributed by atoms with Gasteiger partial charge in [-0.3, -0.25) is 4.79 Å². The molecule has 32 heavy (non-hydrogen) atoms. The molecule has 2 aliphatic heterocycles. The van der Waals surface area contributed by atoms with Crippen molar-refractivity contribution in [2.75, 3.05) is 5.32 Å². The number of amides is 3. The molecule has 3 atom stereocenters. The number of benzene rings is 1. The Morgan fingerprint density at radius 2 is 2.00 bits per heavy atom. The van der Waals surface area contributed by atoms with Crippen LogP contribution < -0.4 is 25.4 Å². The number of urea groups is 1. The minimum Gasteiger partial charge on any atom is -0.487 e. The fraction of sp³-hybridized carbons (Fsp3) is 0.458. The molecule has 166 valence electrons. The van der Waals surface area contributed by atoms with Gasteiger partial charge in [0, 0.05) is 29.8 Å². The maximum absolute atomic E-state index is 12.4. The Kier molecular flexibility index (Phi) is 4.66. The molecule has 8 heteroatoms. The molecule has 0 spiro atoms. The van der Waals surface area contributed by atoms with Gasteiger partial charge in [-0.1, -0.05) is 19.3 Å². The first-order chi connectivity index (χ1) is 15.7. The number of carbonyl (C=O) groups excluding carboxylic acids is 2. The quantitative estimate of drug-likeness (QED) is 0.682. The number of hydrogen-bond acceptors (Lipinski definition) is 5. The number of carbonyl (C=O) groups is 2. The number of nitrogens with zero attached hydrogens (tertiary/aromatic N) is 1. The third-order valence-corrected chi connectivity index (χ3v) is 6.90. The maximum atomic E-state index is 12.4. The molecule has 4 aliphatic rings. The third kappa shape index (κ3) is 3.53. The number of hydrogen-bond donors (Lipinski definition) is 3. The summed E-state index contributed by atoms with van der Waals surface area (Å²) in [6.45, 7) is 0. The average Bonchev–Trinajstić information content (AvgIpc) is 3.30. The van der Waals surface area contributed by atoms with Crippen LogP contribution in [0.4, 0.5) is 10.6 Å². The Morgan fingerprint density at radius 3 is 2.88 bits per heavy atom. The molecule has 2 aliphatic carbocycles. The smallest absolute Gasteiger partial charge is 0.315 e. The van der Waals surface area contributed by atoms with Crippen molar-refractivity contribution in [1.29, 1.82) is 0 Å². The molecule has 0 saturated heterocycles. The zero-order chi connectivity index (χ0) is 21.7. The summed E-state index contributed by atoms with van der Waals surface area (Å²) >= 11 is 0. The zero-order valence-electron chi connectivity index (χ0n) is 17.7. The first kappa shape index (κ1) is 19.4. The molecule has 0 radical (unpaired) electrons. The van der Waals surface area contributed by atoms with Gasteiger partial charge in [0.1, 0.15) is 29.2 Å². The van der Waals surface area contributed by atoms with Crippen molar-refractivity contribution < 1.29 is 19.1 Å². The first-order valence-corrected chi connectivity index (χ1v) is 11.5. The second-order valence-corrected chi connectivity index (χ2v) is 9.07. The fourth-order valence-corrected chi connectivity index (χ4v) is 5.18. The van der Waals surface area contributed by atoms with E-state index in [1.54, 1.807) is 6.20 Å². The Morgan fingerprint density at radius 1 is 1.12 bits per heavy atom. The number of nitrogens with one attached hydrogen (secondary N) is 3. The number of rotatable bonds is 4. The van der Waals surface area contributed by atoms with Crippen LogP contribution in [-0.4, -0.2) is 35.1 Å². The molecular formula is C24H26N4O4. The standard InChI is InChI=1S/C24H26N4O4/c29-19-9-7-15-18(10-11-25-23(15)27-19)31-14-6-8-17-16(12-14)20-21(22(20)32-17)28-24(30)26-13-4-2-1-3-5-13/h6,8,10-13,20-22H,1-5,7,9H2,(H,25,27,29)(H2,26,28,30)/t20-,21?,22-/m0/s1. The highest BCUT2D eigenvalue weighted by atomic mass is 16.5. The topological polar surface area (TPSA) is 102 Å². The summed E-state index contributed by atoms with van der Waals surface area (Å²) in [5, 5.41) is 9.01. The second kappa shape index (κ2) is 7.69. The van der Waals surface area contributed by atoms with E-state index in [9.17, 15) is 9.59 Å². The van der Waals surface area contributed by atoms with Gasteiger partial charge in [0.15, 0.2) is 0 Å². The van der Waals surface area contributed by atoms with E-state index >= 15 is 0 Å². The Balaban J connectivity index is 1.13. The van der Waals surface area contributed by atoms with Crippen LogP contribution in [0.1, 0.15) is 55.6 Å². The van der Waals surface area contributed by atoms with E-state index in [0.29, 0.717) is 30.2 Å². The van der Waals surface area contributed by atoms with Crippen LogP contribution in [0.5, 0.6) is 17.2 Å². The zero-order valence-corrected chi connectivity index (χ0v) is 17.7. The Hall–Kier alpha value is -3.29. The van der Waals surface area contributed by atoms with Gasteiger partial charge in [0.25, 0.3) is 0 Å². The summed E-state index contributed by atoms with van der Waals surface area (Å²) in [5.41, 5.74) is 1.97. The summed E-state index contributed by atoms with van der Waals surface area (Å²) in [4.78, 5) is 28.3. The second-order valence-electron chi connectivity index (χ2n) is 9.07. The van der Waals surface area contributed by atoms with E-state index in [-0.39, 0.29) is 36.0 Å². The predicted molar refractivity (Wildman–Crippen MR) is 117 cm³/mol. The SMILES string of the molecule is O=C1CCc2c(Oc3ccc4c(c3)[C@H]3C(NC(=O)NC5CCCCC5)[C@H]3O4)ccnc2N1. The largest absolute Gasteiger partial charge is 0.487 e. The molecular weight excluding hydrogens is 408 g/mol. The van der Waals surface area contributed by atoms with Crippen molar-refractivity contribution >= 4 is 17.8 Å². The molecule has 1 unspecified atom stereocenters. The van der Waals surface area contributed by atoms with Crippen molar-refractivity contribution in [2.24, 2.45) is 0 Å². The highest BCUT2D eigenvalue weighted by Crippen LogP contribution is 2.54. The highest BCUT2D eigenvalue weighted by Gasteiger charge is 2.59. The monoisotopic (exact) mass is 434 g/mol. The van der Waals surface area contributed by atoms with Crippen LogP contribution in [0.3, 0.4) is 0 Å². The predicted octanol–water partition coefficient (Wildman–Crippen LogP) is 3.62. The summed E-state index contributed by atoms with van der Waals surface area (Å²) in [7, 11) is 0. The summed E-state index contributed by atoms with van der Waals surface area (Å²) in [6, 6.07) is 7.80. The van der Waals surface area contributed by atoms with Gasteiger partial charge < -0.3 is 25.4 Å². The van der Waals surface area contributed by atoms with Crippen LogP contribution in [0.25, 0.3) is 0 Å². The van der Waals surface area contributed by atoms with Crippen LogP contribution in [-0.2, 0) is 11.2 Å². The molecule has 2 saturated carbocycles. The van der Waals surface area contributed by atoms with Crippen LogP contribution in [0.15, 0.2) is 30.5 Å². The number of anilines is 1. The molecule has 0 bridgehead atoms. The molecule has 2 aromatic rings. The van der Waals surface area contributed by atoms with Gasteiger partial charge in [-0.05, 0) is 43.5 Å². The van der Waals surface area contributed by atoms with Gasteiger partial charge in [-0.15, -0.1) is 0 Å². The first-order valence-electron chi connectivity index (χ1n) is 11.5. The third-order valence-electron chi connectivity index (χ3n) is 6.90. The molecule has 6 rings (SSSR count). The van der Waals surface area contributed by atoms with E-state index in [1.165, 1.54) is 19.3 Å². The van der Waals surface area contributed by atoms with Gasteiger partial charge in [0.2, 0.25) is 5.91 Å². The summed E-state index contributed by atoms with van der Waals surface area (Å²) in [5.74, 6) is 2.94. The summed E-state index contributed by atoms with van der Waals surface area (Å²) < 4.78 is 12.2. The number of pyridine rings is 1.